The number of amides is 2. The Morgan fingerprint density at radius 3 is 2.24 bits per heavy atom. The Morgan fingerprint density at radius 2 is 1.55 bits per heavy atom. The highest BCUT2D eigenvalue weighted by Gasteiger charge is 2.21. The number of benzene rings is 2. The summed E-state index contributed by atoms with van der Waals surface area (Å²) < 4.78 is 13.1. The standard InChI is InChI=1S/C24H31FN2O2/c1-2-3-4-5-6-10-13-23(28)27-22(18-19-11-8-7-9-12-19)24(29)26-21-16-14-20(25)15-17-21/h7-9,11-12,14-17,22H,2-6,10,13,18H2,1H3,(H,26,29)(H,27,28). The van der Waals surface area contributed by atoms with Crippen LogP contribution in [0.5, 0.6) is 0 Å². The minimum absolute atomic E-state index is 0.115. The fourth-order valence-electron chi connectivity index (χ4n) is 3.15. The molecule has 2 aromatic rings. The van der Waals surface area contributed by atoms with Crippen molar-refractivity contribution in [1.29, 1.82) is 0 Å². The van der Waals surface area contributed by atoms with Gasteiger partial charge in [0.1, 0.15) is 11.9 Å². The zero-order valence-electron chi connectivity index (χ0n) is 17.1. The van der Waals surface area contributed by atoms with Crippen molar-refractivity contribution in [3.8, 4) is 0 Å². The fraction of sp³-hybridized carbons (Fsp3) is 0.417. The van der Waals surface area contributed by atoms with Crippen molar-refractivity contribution < 1.29 is 14.0 Å². The van der Waals surface area contributed by atoms with Gasteiger partial charge in [0.2, 0.25) is 11.8 Å². The molecule has 2 N–H and O–H groups in total. The molecule has 1 unspecified atom stereocenters. The van der Waals surface area contributed by atoms with E-state index in [0.717, 1.165) is 24.8 Å². The molecule has 0 bridgehead atoms. The highest BCUT2D eigenvalue weighted by atomic mass is 19.1. The maximum Gasteiger partial charge on any atom is 0.247 e. The molecule has 0 heterocycles. The van der Waals surface area contributed by atoms with Gasteiger partial charge >= 0.3 is 0 Å². The van der Waals surface area contributed by atoms with Gasteiger partial charge in [0.05, 0.1) is 0 Å². The van der Waals surface area contributed by atoms with Gasteiger partial charge in [-0.3, -0.25) is 9.59 Å². The topological polar surface area (TPSA) is 58.2 Å². The lowest BCUT2D eigenvalue weighted by atomic mass is 10.0. The Hall–Kier alpha value is -2.69. The van der Waals surface area contributed by atoms with Crippen LogP contribution in [0.4, 0.5) is 10.1 Å². The Morgan fingerprint density at radius 1 is 0.897 bits per heavy atom. The molecule has 2 rings (SSSR count). The Balaban J connectivity index is 1.92. The first kappa shape index (κ1) is 22.6. The summed E-state index contributed by atoms with van der Waals surface area (Å²) in [5.74, 6) is -0.788. The number of carbonyl (C=O) groups is 2. The molecular weight excluding hydrogens is 367 g/mol. The Kier molecular flexibility index (Phi) is 9.90. The monoisotopic (exact) mass is 398 g/mol. The second-order valence-electron chi connectivity index (χ2n) is 7.32. The van der Waals surface area contributed by atoms with E-state index < -0.39 is 6.04 Å². The smallest absolute Gasteiger partial charge is 0.247 e. The minimum Gasteiger partial charge on any atom is -0.344 e. The molecule has 0 fully saturated rings. The van der Waals surface area contributed by atoms with Crippen LogP contribution in [0.3, 0.4) is 0 Å². The average Bonchev–Trinajstić information content (AvgIpc) is 2.72. The molecule has 2 aromatic carbocycles. The van der Waals surface area contributed by atoms with Crippen LogP contribution in [0.1, 0.15) is 57.4 Å². The van der Waals surface area contributed by atoms with Crippen molar-refractivity contribution in [2.24, 2.45) is 0 Å². The zero-order valence-corrected chi connectivity index (χ0v) is 17.1. The predicted octanol–water partition coefficient (Wildman–Crippen LogP) is 5.24. The molecule has 5 heteroatoms. The van der Waals surface area contributed by atoms with E-state index in [4.69, 9.17) is 0 Å². The van der Waals surface area contributed by atoms with E-state index >= 15 is 0 Å². The summed E-state index contributed by atoms with van der Waals surface area (Å²) in [5, 5.41) is 5.64. The van der Waals surface area contributed by atoms with Crippen LogP contribution in [0.2, 0.25) is 0 Å². The SMILES string of the molecule is CCCCCCCCC(=O)NC(Cc1ccccc1)C(=O)Nc1ccc(F)cc1. The average molecular weight is 399 g/mol. The van der Waals surface area contributed by atoms with Crippen LogP contribution >= 0.6 is 0 Å². The number of anilines is 1. The summed E-state index contributed by atoms with van der Waals surface area (Å²) >= 11 is 0. The Bertz CT molecular complexity index is 747. The van der Waals surface area contributed by atoms with Crippen molar-refractivity contribution in [2.75, 3.05) is 5.32 Å². The summed E-state index contributed by atoms with van der Waals surface area (Å²) in [6.45, 7) is 2.18. The van der Waals surface area contributed by atoms with Crippen molar-refractivity contribution in [3.63, 3.8) is 0 Å². The third-order valence-electron chi connectivity index (χ3n) is 4.80. The number of rotatable bonds is 12. The normalized spacial score (nSPS) is 11.7. The van der Waals surface area contributed by atoms with Gasteiger partial charge in [-0.1, -0.05) is 69.4 Å². The quantitative estimate of drug-likeness (QED) is 0.480. The molecule has 2 amide bonds. The van der Waals surface area contributed by atoms with Crippen molar-refractivity contribution in [1.82, 2.24) is 5.32 Å². The molecule has 156 valence electrons. The maximum absolute atomic E-state index is 13.1. The van der Waals surface area contributed by atoms with Crippen LogP contribution in [0.15, 0.2) is 54.6 Å². The number of hydrogen-bond donors (Lipinski definition) is 2. The summed E-state index contributed by atoms with van der Waals surface area (Å²) in [6.07, 6.45) is 7.44. The third kappa shape index (κ3) is 8.90. The largest absolute Gasteiger partial charge is 0.344 e. The van der Waals surface area contributed by atoms with Crippen LogP contribution in [0, 0.1) is 5.82 Å². The van der Waals surface area contributed by atoms with Gasteiger partial charge in [0, 0.05) is 18.5 Å². The van der Waals surface area contributed by atoms with Gasteiger partial charge in [-0.05, 0) is 36.2 Å². The van der Waals surface area contributed by atoms with E-state index in [1.165, 1.54) is 43.5 Å². The number of unbranched alkanes of at least 4 members (excludes halogenated alkanes) is 5. The van der Waals surface area contributed by atoms with Crippen LogP contribution in [-0.2, 0) is 16.0 Å². The lowest BCUT2D eigenvalue weighted by Gasteiger charge is -2.19. The van der Waals surface area contributed by atoms with Gasteiger partial charge < -0.3 is 10.6 Å². The third-order valence-corrected chi connectivity index (χ3v) is 4.80. The summed E-state index contributed by atoms with van der Waals surface area (Å²) in [5.41, 5.74) is 1.46. The van der Waals surface area contributed by atoms with E-state index in [1.54, 1.807) is 0 Å². The van der Waals surface area contributed by atoms with Crippen molar-refractivity contribution >= 4 is 17.5 Å². The fourth-order valence-corrected chi connectivity index (χ4v) is 3.15. The van der Waals surface area contributed by atoms with E-state index in [1.807, 2.05) is 30.3 Å². The number of nitrogens with one attached hydrogen (secondary N) is 2. The lowest BCUT2D eigenvalue weighted by Crippen LogP contribution is -2.45. The minimum atomic E-state index is -0.685. The van der Waals surface area contributed by atoms with Gasteiger partial charge in [-0.2, -0.15) is 0 Å². The number of halogens is 1. The Labute approximate surface area is 172 Å². The summed E-state index contributed by atoms with van der Waals surface area (Å²) in [6, 6.07) is 14.5. The van der Waals surface area contributed by atoms with Crippen molar-refractivity contribution in [2.45, 2.75) is 64.3 Å². The molecule has 1 atom stereocenters. The van der Waals surface area contributed by atoms with E-state index in [-0.39, 0.29) is 17.6 Å². The predicted molar refractivity (Wildman–Crippen MR) is 115 cm³/mol. The highest BCUT2D eigenvalue weighted by molar-refractivity contribution is 5.97. The number of carbonyl (C=O) groups excluding carboxylic acids is 2. The molecule has 0 aliphatic carbocycles. The molecular formula is C24H31FN2O2. The first-order chi connectivity index (χ1) is 14.1. The molecule has 0 aliphatic heterocycles. The molecule has 0 saturated heterocycles. The summed E-state index contributed by atoms with van der Waals surface area (Å²) in [7, 11) is 0. The maximum atomic E-state index is 13.1. The lowest BCUT2D eigenvalue weighted by molar-refractivity contribution is -0.126. The zero-order chi connectivity index (χ0) is 20.9. The van der Waals surface area contributed by atoms with Crippen LogP contribution < -0.4 is 10.6 Å². The van der Waals surface area contributed by atoms with Crippen LogP contribution in [-0.4, -0.2) is 17.9 Å². The van der Waals surface area contributed by atoms with Crippen molar-refractivity contribution in [3.05, 3.63) is 66.0 Å². The van der Waals surface area contributed by atoms with Gasteiger partial charge in [-0.25, -0.2) is 4.39 Å². The molecule has 0 aromatic heterocycles. The van der Waals surface area contributed by atoms with Gasteiger partial charge in [0.25, 0.3) is 0 Å². The van der Waals surface area contributed by atoms with E-state index in [0.29, 0.717) is 18.5 Å². The molecule has 0 aliphatic rings. The van der Waals surface area contributed by atoms with Gasteiger partial charge in [-0.15, -0.1) is 0 Å². The first-order valence-corrected chi connectivity index (χ1v) is 10.5. The van der Waals surface area contributed by atoms with E-state index in [9.17, 15) is 14.0 Å². The highest BCUT2D eigenvalue weighted by Crippen LogP contribution is 2.12. The first-order valence-electron chi connectivity index (χ1n) is 10.5. The second-order valence-corrected chi connectivity index (χ2v) is 7.32. The molecule has 0 spiro atoms. The molecule has 0 saturated carbocycles. The number of hydrogen-bond acceptors (Lipinski definition) is 2. The molecule has 4 nitrogen and oxygen atoms in total. The molecule has 29 heavy (non-hydrogen) atoms. The van der Waals surface area contributed by atoms with Gasteiger partial charge in [0.15, 0.2) is 0 Å². The second kappa shape index (κ2) is 12.7. The molecule has 0 radical (unpaired) electrons. The van der Waals surface area contributed by atoms with Crippen LogP contribution in [0.25, 0.3) is 0 Å². The van der Waals surface area contributed by atoms with E-state index in [2.05, 4.69) is 17.6 Å². The summed E-state index contributed by atoms with van der Waals surface area (Å²) in [4.78, 5) is 25.2.